The minimum absolute atomic E-state index is 0.0197. The number of hydrogen-bond donors (Lipinski definition) is 2. The van der Waals surface area contributed by atoms with Crippen molar-refractivity contribution in [3.8, 4) is 5.75 Å². The molecule has 0 aliphatic rings. The Labute approximate surface area is 263 Å². The minimum Gasteiger partial charge on any atom is -0.494 e. The van der Waals surface area contributed by atoms with Crippen LogP contribution in [0.2, 0.25) is 0 Å². The van der Waals surface area contributed by atoms with E-state index >= 15 is 0 Å². The molecule has 0 spiro atoms. The molecular weight excluding hydrogens is 571 g/mol. The van der Waals surface area contributed by atoms with Crippen molar-refractivity contribution in [3.63, 3.8) is 0 Å². The molecule has 0 saturated carbocycles. The topological polar surface area (TPSA) is 93.7 Å². The van der Waals surface area contributed by atoms with Gasteiger partial charge in [-0.1, -0.05) is 72.8 Å². The number of unbranched alkanes of at least 4 members (excludes halogenated alkanes) is 1. The Kier molecular flexibility index (Phi) is 12.7. The van der Waals surface area contributed by atoms with E-state index in [1.807, 2.05) is 54.6 Å². The van der Waals surface area contributed by atoms with Crippen LogP contribution < -0.4 is 15.4 Å². The molecule has 0 unspecified atom stereocenters. The summed E-state index contributed by atoms with van der Waals surface area (Å²) in [5.41, 5.74) is 3.15. The van der Waals surface area contributed by atoms with Crippen LogP contribution in [-0.2, 0) is 27.2 Å². The van der Waals surface area contributed by atoms with Gasteiger partial charge in [0.05, 0.1) is 13.7 Å². The third-order valence-corrected chi connectivity index (χ3v) is 7.36. The molecule has 4 aromatic rings. The average Bonchev–Trinajstić information content (AvgIpc) is 3.07. The second kappa shape index (κ2) is 17.3. The molecule has 234 valence electrons. The number of amides is 1. The molecule has 0 radical (unpaired) electrons. The Morgan fingerprint density at radius 3 is 2.27 bits per heavy atom. The van der Waals surface area contributed by atoms with Gasteiger partial charge in [-0.2, -0.15) is 0 Å². The number of carbonyl (C=O) groups excluding carboxylic acids is 3. The van der Waals surface area contributed by atoms with Gasteiger partial charge in [-0.3, -0.25) is 9.59 Å². The van der Waals surface area contributed by atoms with Crippen molar-refractivity contribution in [3.05, 3.63) is 131 Å². The number of para-hydroxylation sites is 1. The van der Waals surface area contributed by atoms with Crippen LogP contribution in [0.25, 0.3) is 0 Å². The van der Waals surface area contributed by atoms with Crippen molar-refractivity contribution in [2.45, 2.75) is 44.6 Å². The molecule has 0 fully saturated rings. The number of ether oxygens (including phenoxy) is 2. The predicted octanol–water partition coefficient (Wildman–Crippen LogP) is 6.55. The van der Waals surface area contributed by atoms with E-state index in [2.05, 4.69) is 10.6 Å². The molecule has 45 heavy (non-hydrogen) atoms. The number of nitrogens with one attached hydrogen (secondary N) is 2. The molecule has 4 aromatic carbocycles. The zero-order valence-electron chi connectivity index (χ0n) is 25.5. The summed E-state index contributed by atoms with van der Waals surface area (Å²) in [6, 6.07) is 29.6. The number of rotatable bonds is 17. The zero-order valence-corrected chi connectivity index (χ0v) is 25.5. The first-order valence-electron chi connectivity index (χ1n) is 15.2. The van der Waals surface area contributed by atoms with Crippen molar-refractivity contribution in [2.24, 2.45) is 0 Å². The van der Waals surface area contributed by atoms with E-state index in [0.29, 0.717) is 73.4 Å². The monoisotopic (exact) mass is 610 g/mol. The normalized spacial score (nSPS) is 11.3. The lowest BCUT2D eigenvalue weighted by Crippen LogP contribution is -2.33. The largest absolute Gasteiger partial charge is 0.494 e. The summed E-state index contributed by atoms with van der Waals surface area (Å²) < 4.78 is 24.6. The summed E-state index contributed by atoms with van der Waals surface area (Å²) in [6.45, 7) is 0.941. The SMILES string of the molecule is COC(=O)[C@H](Cc1ccc(OCCCNC(=O)CCCCc2ccccc2F)cc1)Nc1ccccc1C(=O)c1ccccc1. The van der Waals surface area contributed by atoms with Gasteiger partial charge in [-0.15, -0.1) is 0 Å². The number of methoxy groups -OCH3 is 1. The minimum atomic E-state index is -0.713. The van der Waals surface area contributed by atoms with Gasteiger partial charge in [0.25, 0.3) is 0 Å². The third-order valence-electron chi connectivity index (χ3n) is 7.36. The third kappa shape index (κ3) is 10.3. The highest BCUT2D eigenvalue weighted by atomic mass is 19.1. The maximum absolute atomic E-state index is 13.7. The first-order chi connectivity index (χ1) is 21.9. The van der Waals surface area contributed by atoms with E-state index < -0.39 is 12.0 Å². The second-order valence-corrected chi connectivity index (χ2v) is 10.7. The molecule has 1 amide bonds. The van der Waals surface area contributed by atoms with Crippen molar-refractivity contribution < 1.29 is 28.2 Å². The Bertz CT molecular complexity index is 1540. The smallest absolute Gasteiger partial charge is 0.328 e. The Morgan fingerprint density at radius 1 is 0.800 bits per heavy atom. The second-order valence-electron chi connectivity index (χ2n) is 10.7. The molecule has 0 aromatic heterocycles. The van der Waals surface area contributed by atoms with Crippen LogP contribution in [-0.4, -0.2) is 44.0 Å². The lowest BCUT2D eigenvalue weighted by molar-refractivity contribution is -0.141. The first kappa shape index (κ1) is 32.9. The Morgan fingerprint density at radius 2 is 1.51 bits per heavy atom. The number of carbonyl (C=O) groups is 3. The maximum atomic E-state index is 13.7. The molecular formula is C37H39FN2O5. The van der Waals surface area contributed by atoms with Crippen LogP contribution in [0, 0.1) is 5.82 Å². The summed E-state index contributed by atoms with van der Waals surface area (Å²) >= 11 is 0. The van der Waals surface area contributed by atoms with Crippen LogP contribution in [0.5, 0.6) is 5.75 Å². The van der Waals surface area contributed by atoms with Crippen LogP contribution in [0.3, 0.4) is 0 Å². The Hall–Kier alpha value is -4.98. The summed E-state index contributed by atoms with van der Waals surface area (Å²) in [7, 11) is 1.34. The van der Waals surface area contributed by atoms with E-state index in [4.69, 9.17) is 9.47 Å². The molecule has 0 aliphatic heterocycles. The summed E-state index contributed by atoms with van der Waals surface area (Å²) in [5, 5.41) is 6.12. The number of anilines is 1. The number of benzene rings is 4. The summed E-state index contributed by atoms with van der Waals surface area (Å²) in [4.78, 5) is 37.9. The van der Waals surface area contributed by atoms with Crippen LogP contribution >= 0.6 is 0 Å². The number of hydrogen-bond acceptors (Lipinski definition) is 6. The average molecular weight is 611 g/mol. The van der Waals surface area contributed by atoms with E-state index in [9.17, 15) is 18.8 Å². The van der Waals surface area contributed by atoms with Gasteiger partial charge in [-0.25, -0.2) is 9.18 Å². The van der Waals surface area contributed by atoms with Crippen LogP contribution in [0.15, 0.2) is 103 Å². The predicted molar refractivity (Wildman–Crippen MR) is 173 cm³/mol. The summed E-state index contributed by atoms with van der Waals surface area (Å²) in [6.07, 6.45) is 3.48. The highest BCUT2D eigenvalue weighted by Gasteiger charge is 2.22. The lowest BCUT2D eigenvalue weighted by Gasteiger charge is -2.20. The molecule has 1 atom stereocenters. The number of ketones is 1. The maximum Gasteiger partial charge on any atom is 0.328 e. The first-order valence-corrected chi connectivity index (χ1v) is 15.2. The standard InChI is InChI=1S/C37H39FN2O5/c1-44-37(43)34(40-33-18-9-7-16-31(33)36(42)29-14-3-2-4-15-29)26-27-20-22-30(23-21-27)45-25-11-24-39-35(41)19-10-6-13-28-12-5-8-17-32(28)38/h2-5,7-9,12,14-18,20-23,34,40H,6,10-11,13,19,24-26H2,1H3,(H,39,41)/t34-/m0/s1. The molecule has 0 heterocycles. The van der Waals surface area contributed by atoms with Crippen molar-refractivity contribution >= 4 is 23.3 Å². The number of esters is 1. The van der Waals surface area contributed by atoms with Crippen LogP contribution in [0.1, 0.15) is 52.7 Å². The molecule has 2 N–H and O–H groups in total. The van der Waals surface area contributed by atoms with Gasteiger partial charge in [0, 0.05) is 36.2 Å². The number of aryl methyl sites for hydroxylation is 1. The molecule has 0 bridgehead atoms. The Balaban J connectivity index is 1.20. The van der Waals surface area contributed by atoms with Gasteiger partial charge in [0.1, 0.15) is 17.6 Å². The zero-order chi connectivity index (χ0) is 31.9. The van der Waals surface area contributed by atoms with Crippen molar-refractivity contribution in [1.82, 2.24) is 5.32 Å². The van der Waals surface area contributed by atoms with Crippen molar-refractivity contribution in [2.75, 3.05) is 25.6 Å². The van der Waals surface area contributed by atoms with E-state index in [1.165, 1.54) is 13.2 Å². The fourth-order valence-corrected chi connectivity index (χ4v) is 4.91. The molecule has 7 nitrogen and oxygen atoms in total. The van der Waals surface area contributed by atoms with Gasteiger partial charge >= 0.3 is 5.97 Å². The lowest BCUT2D eigenvalue weighted by atomic mass is 10.00. The van der Waals surface area contributed by atoms with E-state index in [0.717, 1.165) is 12.0 Å². The molecule has 4 rings (SSSR count). The van der Waals surface area contributed by atoms with E-state index in [-0.39, 0.29) is 17.5 Å². The van der Waals surface area contributed by atoms with Gasteiger partial charge in [0.15, 0.2) is 5.78 Å². The quantitative estimate of drug-likeness (QED) is 0.0800. The van der Waals surface area contributed by atoms with Gasteiger partial charge < -0.3 is 20.1 Å². The number of halogens is 1. The van der Waals surface area contributed by atoms with Crippen LogP contribution in [0.4, 0.5) is 10.1 Å². The highest BCUT2D eigenvalue weighted by Crippen LogP contribution is 2.22. The van der Waals surface area contributed by atoms with Gasteiger partial charge in [0.2, 0.25) is 5.91 Å². The summed E-state index contributed by atoms with van der Waals surface area (Å²) in [5.74, 6) is -0.119. The molecule has 0 saturated heterocycles. The van der Waals surface area contributed by atoms with Gasteiger partial charge in [-0.05, 0) is 67.1 Å². The van der Waals surface area contributed by atoms with Crippen molar-refractivity contribution in [1.29, 1.82) is 0 Å². The highest BCUT2D eigenvalue weighted by molar-refractivity contribution is 6.12. The fraction of sp³-hybridized carbons (Fsp3) is 0.270. The molecule has 0 aliphatic carbocycles. The fourth-order valence-electron chi connectivity index (χ4n) is 4.91. The molecule has 8 heteroatoms. The van der Waals surface area contributed by atoms with E-state index in [1.54, 1.807) is 42.5 Å².